The molecule has 0 aliphatic carbocycles. The Morgan fingerprint density at radius 1 is 0.821 bits per heavy atom. The molecule has 0 bridgehead atoms. The van der Waals surface area contributed by atoms with Crippen LogP contribution in [0, 0.1) is 20.8 Å². The summed E-state index contributed by atoms with van der Waals surface area (Å²) >= 11 is 0. The highest BCUT2D eigenvalue weighted by Gasteiger charge is 2.25. The molecular formula is C24H27N3O. The summed E-state index contributed by atoms with van der Waals surface area (Å²) in [5, 5.41) is 0. The lowest BCUT2D eigenvalue weighted by Crippen LogP contribution is -2.48. The highest BCUT2D eigenvalue weighted by molar-refractivity contribution is 5.96. The van der Waals surface area contributed by atoms with E-state index in [4.69, 9.17) is 0 Å². The van der Waals surface area contributed by atoms with Crippen LogP contribution in [0.2, 0.25) is 0 Å². The van der Waals surface area contributed by atoms with Gasteiger partial charge in [-0.25, -0.2) is 0 Å². The fraction of sp³-hybridized carbons (Fsp3) is 0.292. The van der Waals surface area contributed by atoms with Gasteiger partial charge in [0.1, 0.15) is 0 Å². The molecule has 4 nitrogen and oxygen atoms in total. The van der Waals surface area contributed by atoms with Gasteiger partial charge in [0.25, 0.3) is 5.91 Å². The van der Waals surface area contributed by atoms with E-state index in [1.165, 1.54) is 11.3 Å². The molecule has 0 spiro atoms. The standard InChI is InChI=1S/C24H27N3O/c1-18-9-7-8-12-23(18)27-19(2)17-22(20(27)3)24(28)26-15-13-25(14-16-26)21-10-5-4-6-11-21/h4-12,17H,13-16H2,1-3H3. The Morgan fingerprint density at radius 3 is 2.14 bits per heavy atom. The average molecular weight is 374 g/mol. The Labute approximate surface area is 167 Å². The summed E-state index contributed by atoms with van der Waals surface area (Å²) in [5.41, 5.74) is 6.51. The van der Waals surface area contributed by atoms with Crippen LogP contribution in [-0.2, 0) is 0 Å². The van der Waals surface area contributed by atoms with E-state index in [0.717, 1.165) is 48.8 Å². The molecule has 0 N–H and O–H groups in total. The lowest BCUT2D eigenvalue weighted by molar-refractivity contribution is 0.0746. The number of aryl methyl sites for hydroxylation is 2. The van der Waals surface area contributed by atoms with Crippen LogP contribution < -0.4 is 4.90 Å². The van der Waals surface area contributed by atoms with E-state index in [0.29, 0.717) is 0 Å². The molecule has 28 heavy (non-hydrogen) atoms. The summed E-state index contributed by atoms with van der Waals surface area (Å²) in [6.45, 7) is 9.47. The molecule has 1 amide bonds. The molecule has 144 valence electrons. The summed E-state index contributed by atoms with van der Waals surface area (Å²) in [4.78, 5) is 17.6. The van der Waals surface area contributed by atoms with Gasteiger partial charge in [-0.3, -0.25) is 4.79 Å². The summed E-state index contributed by atoms with van der Waals surface area (Å²) < 4.78 is 2.20. The maximum atomic E-state index is 13.2. The van der Waals surface area contributed by atoms with Gasteiger partial charge in [-0.2, -0.15) is 0 Å². The predicted molar refractivity (Wildman–Crippen MR) is 115 cm³/mol. The lowest BCUT2D eigenvalue weighted by atomic mass is 10.1. The van der Waals surface area contributed by atoms with E-state index < -0.39 is 0 Å². The zero-order valence-corrected chi connectivity index (χ0v) is 16.9. The Kier molecular flexibility index (Phi) is 4.95. The lowest BCUT2D eigenvalue weighted by Gasteiger charge is -2.36. The van der Waals surface area contributed by atoms with Gasteiger partial charge in [0.15, 0.2) is 0 Å². The third-order valence-corrected chi connectivity index (χ3v) is 5.71. The van der Waals surface area contributed by atoms with Gasteiger partial charge in [0.05, 0.1) is 5.56 Å². The van der Waals surface area contributed by atoms with Crippen LogP contribution in [0.25, 0.3) is 5.69 Å². The second-order valence-corrected chi connectivity index (χ2v) is 7.52. The second-order valence-electron chi connectivity index (χ2n) is 7.52. The van der Waals surface area contributed by atoms with Crippen molar-refractivity contribution >= 4 is 11.6 Å². The summed E-state index contributed by atoms with van der Waals surface area (Å²) in [6.07, 6.45) is 0. The van der Waals surface area contributed by atoms with E-state index in [1.54, 1.807) is 0 Å². The van der Waals surface area contributed by atoms with Gasteiger partial charge in [-0.1, -0.05) is 36.4 Å². The van der Waals surface area contributed by atoms with Crippen LogP contribution in [-0.4, -0.2) is 41.6 Å². The van der Waals surface area contributed by atoms with Gasteiger partial charge in [0.2, 0.25) is 0 Å². The minimum atomic E-state index is 0.139. The van der Waals surface area contributed by atoms with Crippen molar-refractivity contribution in [2.24, 2.45) is 0 Å². The molecule has 1 aliphatic heterocycles. The zero-order chi connectivity index (χ0) is 19.7. The Balaban J connectivity index is 1.54. The number of rotatable bonds is 3. The van der Waals surface area contributed by atoms with E-state index in [9.17, 15) is 4.79 Å². The molecule has 1 fully saturated rings. The molecular weight excluding hydrogens is 346 g/mol. The second kappa shape index (κ2) is 7.55. The number of benzene rings is 2. The third-order valence-electron chi connectivity index (χ3n) is 5.71. The van der Waals surface area contributed by atoms with Gasteiger partial charge < -0.3 is 14.4 Å². The van der Waals surface area contributed by atoms with Gasteiger partial charge in [0, 0.05) is 48.9 Å². The fourth-order valence-electron chi connectivity index (χ4n) is 4.14. The Bertz CT molecular complexity index is 982. The van der Waals surface area contributed by atoms with Crippen molar-refractivity contribution in [2.45, 2.75) is 20.8 Å². The number of amides is 1. The molecule has 2 aromatic carbocycles. The number of aromatic nitrogens is 1. The largest absolute Gasteiger partial charge is 0.368 e. The van der Waals surface area contributed by atoms with Crippen LogP contribution in [0.4, 0.5) is 5.69 Å². The Morgan fingerprint density at radius 2 is 1.46 bits per heavy atom. The highest BCUT2D eigenvalue weighted by atomic mass is 16.2. The number of carbonyl (C=O) groups is 1. The molecule has 0 atom stereocenters. The fourth-order valence-corrected chi connectivity index (χ4v) is 4.14. The van der Waals surface area contributed by atoms with Crippen molar-refractivity contribution in [1.29, 1.82) is 0 Å². The van der Waals surface area contributed by atoms with Crippen LogP contribution in [0.15, 0.2) is 60.7 Å². The van der Waals surface area contributed by atoms with E-state index >= 15 is 0 Å². The average Bonchev–Trinajstić information content (AvgIpc) is 3.03. The number of hydrogen-bond donors (Lipinski definition) is 0. The molecule has 2 heterocycles. The van der Waals surface area contributed by atoms with E-state index in [1.807, 2.05) is 36.1 Å². The molecule has 0 radical (unpaired) electrons. The molecule has 4 rings (SSSR count). The first kappa shape index (κ1) is 18.4. The number of para-hydroxylation sites is 2. The smallest absolute Gasteiger partial charge is 0.255 e. The maximum absolute atomic E-state index is 13.2. The van der Waals surface area contributed by atoms with Crippen molar-refractivity contribution < 1.29 is 4.79 Å². The molecule has 3 aromatic rings. The van der Waals surface area contributed by atoms with Crippen LogP contribution in [0.5, 0.6) is 0 Å². The summed E-state index contributed by atoms with van der Waals surface area (Å²) in [5.74, 6) is 0.139. The number of hydrogen-bond acceptors (Lipinski definition) is 2. The normalized spacial score (nSPS) is 14.4. The van der Waals surface area contributed by atoms with Crippen molar-refractivity contribution in [3.8, 4) is 5.69 Å². The van der Waals surface area contributed by atoms with Crippen LogP contribution >= 0.6 is 0 Å². The van der Waals surface area contributed by atoms with Crippen LogP contribution in [0.3, 0.4) is 0 Å². The van der Waals surface area contributed by atoms with Gasteiger partial charge >= 0.3 is 0 Å². The zero-order valence-electron chi connectivity index (χ0n) is 16.9. The number of carbonyl (C=O) groups excluding carboxylic acids is 1. The summed E-state index contributed by atoms with van der Waals surface area (Å²) in [7, 11) is 0. The minimum absolute atomic E-state index is 0.139. The Hall–Kier alpha value is -3.01. The number of piperazine rings is 1. The SMILES string of the molecule is Cc1ccccc1-n1c(C)cc(C(=O)N2CCN(c3ccccc3)CC2)c1C. The topological polar surface area (TPSA) is 28.5 Å². The maximum Gasteiger partial charge on any atom is 0.255 e. The molecule has 0 unspecified atom stereocenters. The molecule has 0 saturated carbocycles. The third kappa shape index (κ3) is 3.31. The van der Waals surface area contributed by atoms with Crippen molar-refractivity contribution in [1.82, 2.24) is 9.47 Å². The van der Waals surface area contributed by atoms with E-state index in [2.05, 4.69) is 59.7 Å². The van der Waals surface area contributed by atoms with Crippen molar-refractivity contribution in [3.63, 3.8) is 0 Å². The van der Waals surface area contributed by atoms with Gasteiger partial charge in [-0.15, -0.1) is 0 Å². The highest BCUT2D eigenvalue weighted by Crippen LogP contribution is 2.25. The molecule has 1 aromatic heterocycles. The van der Waals surface area contributed by atoms with Crippen LogP contribution in [0.1, 0.15) is 27.3 Å². The minimum Gasteiger partial charge on any atom is -0.368 e. The summed E-state index contributed by atoms with van der Waals surface area (Å²) in [6, 6.07) is 20.8. The first-order valence-electron chi connectivity index (χ1n) is 9.90. The van der Waals surface area contributed by atoms with Crippen molar-refractivity contribution in [3.05, 3.63) is 83.2 Å². The first-order chi connectivity index (χ1) is 13.6. The molecule has 1 aliphatic rings. The van der Waals surface area contributed by atoms with E-state index in [-0.39, 0.29) is 5.91 Å². The molecule has 1 saturated heterocycles. The number of nitrogens with zero attached hydrogens (tertiary/aromatic N) is 3. The first-order valence-corrected chi connectivity index (χ1v) is 9.90. The molecule has 4 heteroatoms. The monoisotopic (exact) mass is 373 g/mol. The number of anilines is 1. The van der Waals surface area contributed by atoms with Gasteiger partial charge in [-0.05, 0) is 50.6 Å². The predicted octanol–water partition coefficient (Wildman–Crippen LogP) is 4.36. The van der Waals surface area contributed by atoms with Crippen molar-refractivity contribution in [2.75, 3.05) is 31.1 Å². The quantitative estimate of drug-likeness (QED) is 0.682.